The molecule has 3 heterocycles. The smallest absolute Gasteiger partial charge is 0.132 e. The number of para-hydroxylation sites is 4. The summed E-state index contributed by atoms with van der Waals surface area (Å²) in [6.45, 7) is 6.17. The quantitative estimate of drug-likeness (QED) is 0.137. The molecule has 74 heavy (non-hydrogen) atoms. The normalized spacial score (nSPS) is 12.9. The van der Waals surface area contributed by atoms with E-state index < -0.39 is 5.41 Å². The molecule has 2 aliphatic rings. The van der Waals surface area contributed by atoms with Gasteiger partial charge in [0.05, 0.1) is 30.7 Å². The fourth-order valence-electron chi connectivity index (χ4n) is 12.5. The number of benzene rings is 10. The van der Waals surface area contributed by atoms with Crippen LogP contribution in [0.2, 0.25) is 0 Å². The lowest BCUT2D eigenvalue weighted by atomic mass is 9.66. The van der Waals surface area contributed by atoms with Gasteiger partial charge in [-0.25, -0.2) is 0 Å². The summed E-state index contributed by atoms with van der Waals surface area (Å²) in [5.74, 6) is 3.30. The summed E-state index contributed by atoms with van der Waals surface area (Å²) in [6, 6.07) is 79.5. The average molecular weight is 961 g/mol. The number of methoxy groups -OCH3 is 2. The number of aryl methyl sites for hydroxylation is 2. The van der Waals surface area contributed by atoms with Gasteiger partial charge >= 0.3 is 0 Å². The zero-order chi connectivity index (χ0) is 49.7. The maximum Gasteiger partial charge on any atom is 0.132 e. The van der Waals surface area contributed by atoms with Gasteiger partial charge in [-0.3, -0.25) is 0 Å². The molecule has 0 radical (unpaired) electrons. The number of anilines is 6. The number of hydrogen-bond donors (Lipinski definition) is 0. The van der Waals surface area contributed by atoms with Crippen molar-refractivity contribution in [3.05, 3.63) is 241 Å². The molecule has 12 aromatic rings. The summed E-state index contributed by atoms with van der Waals surface area (Å²) < 4.78 is 23.2. The molecule has 358 valence electrons. The van der Waals surface area contributed by atoms with E-state index in [1.165, 1.54) is 65.9 Å². The molecule has 1 aliphatic heterocycles. The third kappa shape index (κ3) is 6.32. The van der Waals surface area contributed by atoms with Crippen LogP contribution in [0.3, 0.4) is 0 Å². The molecule has 1 spiro atoms. The predicted octanol–water partition coefficient (Wildman–Crippen LogP) is 17.4. The number of nitrogens with zero attached hydrogens (tertiary/aromatic N) is 4. The van der Waals surface area contributed by atoms with E-state index in [1.807, 2.05) is 0 Å². The molecule has 7 heteroatoms. The third-order valence-electron chi connectivity index (χ3n) is 15.7. The van der Waals surface area contributed by atoms with E-state index in [2.05, 4.69) is 251 Å². The number of hydrogen-bond acceptors (Lipinski definition) is 5. The van der Waals surface area contributed by atoms with Crippen molar-refractivity contribution in [2.24, 2.45) is 0 Å². The summed E-state index contributed by atoms with van der Waals surface area (Å²) in [5, 5.41) is 5.00. The third-order valence-corrected chi connectivity index (χ3v) is 15.7. The molecule has 0 N–H and O–H groups in total. The molecule has 10 aromatic carbocycles. The topological polar surface area (TPSA) is 44.0 Å². The van der Waals surface area contributed by atoms with Crippen LogP contribution in [0.4, 0.5) is 34.1 Å². The van der Waals surface area contributed by atoms with Crippen molar-refractivity contribution in [3.8, 4) is 34.1 Å². The number of aromatic nitrogens is 2. The van der Waals surface area contributed by atoms with Crippen molar-refractivity contribution in [1.29, 1.82) is 0 Å². The first-order chi connectivity index (χ1) is 36.5. The lowest BCUT2D eigenvalue weighted by molar-refractivity contribution is 0.414. The second-order valence-electron chi connectivity index (χ2n) is 19.3. The first kappa shape index (κ1) is 43.6. The highest BCUT2D eigenvalue weighted by atomic mass is 16.5. The Morgan fingerprint density at radius 2 is 0.730 bits per heavy atom. The lowest BCUT2D eigenvalue weighted by Crippen LogP contribution is -2.32. The lowest BCUT2D eigenvalue weighted by Gasteiger charge is -2.40. The van der Waals surface area contributed by atoms with Gasteiger partial charge in [-0.15, -0.1) is 0 Å². The minimum absolute atomic E-state index is 0.767. The zero-order valence-electron chi connectivity index (χ0n) is 41.7. The van der Waals surface area contributed by atoms with E-state index in [4.69, 9.17) is 14.2 Å². The van der Waals surface area contributed by atoms with E-state index in [1.54, 1.807) is 14.2 Å². The highest BCUT2D eigenvalue weighted by Gasteiger charge is 2.51. The maximum absolute atomic E-state index is 6.90. The van der Waals surface area contributed by atoms with Crippen LogP contribution in [0.15, 0.2) is 218 Å². The van der Waals surface area contributed by atoms with Gasteiger partial charge in [0, 0.05) is 90.9 Å². The first-order valence-corrected chi connectivity index (χ1v) is 25.6. The molecule has 0 bridgehead atoms. The van der Waals surface area contributed by atoms with Gasteiger partial charge in [0.2, 0.25) is 0 Å². The molecular weight excluding hydrogens is 909 g/mol. The maximum atomic E-state index is 6.90. The van der Waals surface area contributed by atoms with Crippen LogP contribution in [0, 0.1) is 0 Å². The molecule has 2 aromatic heterocycles. The fourth-order valence-corrected chi connectivity index (χ4v) is 12.5. The van der Waals surface area contributed by atoms with Crippen molar-refractivity contribution in [3.63, 3.8) is 0 Å². The summed E-state index contributed by atoms with van der Waals surface area (Å²) in [7, 11) is 3.44. The molecule has 1 aliphatic carbocycles. The predicted molar refractivity (Wildman–Crippen MR) is 304 cm³/mol. The SMILES string of the molecule is CCn1c2ccccc2c2ccc(N(c3ccc(OC)cc3)c3ccc4c(c3)C3(c5ccccc5Oc5ccccc53)c3cc(N(c5ccc(OC)cc5)c5ccc6c7ccccc7n(CC)c6c5)ccc3-4)cc21. The number of rotatable bonds is 10. The Balaban J connectivity index is 1.02. The Kier molecular flexibility index (Phi) is 9.99. The molecule has 0 amide bonds. The average Bonchev–Trinajstić information content (AvgIpc) is 4.08. The molecular formula is C67H52N4O3. The van der Waals surface area contributed by atoms with Gasteiger partial charge < -0.3 is 33.1 Å². The van der Waals surface area contributed by atoms with Crippen LogP contribution in [0.1, 0.15) is 36.1 Å². The van der Waals surface area contributed by atoms with Crippen molar-refractivity contribution in [2.45, 2.75) is 32.4 Å². The van der Waals surface area contributed by atoms with Crippen LogP contribution >= 0.6 is 0 Å². The van der Waals surface area contributed by atoms with Gasteiger partial charge in [0.15, 0.2) is 0 Å². The van der Waals surface area contributed by atoms with Crippen molar-refractivity contribution in [2.75, 3.05) is 24.0 Å². The van der Waals surface area contributed by atoms with Crippen molar-refractivity contribution in [1.82, 2.24) is 9.13 Å². The largest absolute Gasteiger partial charge is 0.497 e. The second kappa shape index (κ2) is 17.0. The van der Waals surface area contributed by atoms with Crippen LogP contribution in [0.25, 0.3) is 54.7 Å². The standard InChI is InChI=1S/C67H52N4O3/c1-5-68-61-19-11-7-15-53(61)55-37-29-47(41-63(55)68)70(43-23-31-49(72-3)32-24-43)45-27-35-51-52-36-28-46(40-60(52)67(59(51)39-45)57-17-9-13-21-65(57)74-66-22-14-10-18-58(66)67)71(44-25-33-50(73-4)34-26-44)48-30-38-56-54-16-8-12-20-62(54)69(6-2)64(56)42-48/h7-42H,5-6H2,1-4H3. The Labute approximate surface area is 430 Å². The van der Waals surface area contributed by atoms with Crippen LogP contribution in [-0.2, 0) is 18.5 Å². The van der Waals surface area contributed by atoms with E-state index in [-0.39, 0.29) is 0 Å². The monoisotopic (exact) mass is 960 g/mol. The molecule has 0 unspecified atom stereocenters. The van der Waals surface area contributed by atoms with E-state index in [0.717, 1.165) is 81.3 Å². The Bertz CT molecular complexity index is 3920. The van der Waals surface area contributed by atoms with Gasteiger partial charge in [-0.05, 0) is 157 Å². The van der Waals surface area contributed by atoms with E-state index in [0.29, 0.717) is 0 Å². The summed E-state index contributed by atoms with van der Waals surface area (Å²) >= 11 is 0. The molecule has 0 saturated heterocycles. The van der Waals surface area contributed by atoms with Crippen molar-refractivity contribution < 1.29 is 14.2 Å². The van der Waals surface area contributed by atoms with Gasteiger partial charge in [-0.1, -0.05) is 97.1 Å². The van der Waals surface area contributed by atoms with E-state index in [9.17, 15) is 0 Å². The second-order valence-corrected chi connectivity index (χ2v) is 19.3. The molecule has 7 nitrogen and oxygen atoms in total. The van der Waals surface area contributed by atoms with Crippen LogP contribution in [-0.4, -0.2) is 23.4 Å². The van der Waals surface area contributed by atoms with Gasteiger partial charge in [0.25, 0.3) is 0 Å². The fraction of sp³-hybridized carbons (Fsp3) is 0.104. The Morgan fingerprint density at radius 1 is 0.365 bits per heavy atom. The van der Waals surface area contributed by atoms with Crippen LogP contribution < -0.4 is 24.0 Å². The minimum Gasteiger partial charge on any atom is -0.497 e. The summed E-state index contributed by atoms with van der Waals surface area (Å²) in [6.07, 6.45) is 0. The van der Waals surface area contributed by atoms with Gasteiger partial charge in [0.1, 0.15) is 23.0 Å². The van der Waals surface area contributed by atoms with Crippen LogP contribution in [0.5, 0.6) is 23.0 Å². The summed E-state index contributed by atoms with van der Waals surface area (Å²) in [4.78, 5) is 4.79. The van der Waals surface area contributed by atoms with E-state index >= 15 is 0 Å². The minimum atomic E-state index is -0.767. The zero-order valence-corrected chi connectivity index (χ0v) is 41.7. The van der Waals surface area contributed by atoms with Crippen molar-refractivity contribution >= 4 is 77.7 Å². The molecule has 0 fully saturated rings. The number of fused-ring (bicyclic) bond motifs is 15. The molecule has 14 rings (SSSR count). The molecule has 0 atom stereocenters. The molecule has 0 saturated carbocycles. The Hall–Kier alpha value is -9.20. The highest BCUT2D eigenvalue weighted by molar-refractivity contribution is 6.10. The highest BCUT2D eigenvalue weighted by Crippen LogP contribution is 2.63. The Morgan fingerprint density at radius 3 is 1.16 bits per heavy atom. The summed E-state index contributed by atoms with van der Waals surface area (Å²) in [5.41, 5.74) is 17.3. The first-order valence-electron chi connectivity index (χ1n) is 25.6. The number of ether oxygens (including phenoxy) is 3. The van der Waals surface area contributed by atoms with Gasteiger partial charge in [-0.2, -0.15) is 0 Å².